The molecule has 0 spiro atoms. The minimum atomic E-state index is -0.468. The summed E-state index contributed by atoms with van der Waals surface area (Å²) in [6.45, 7) is 0.917. The molecule has 0 unspecified atom stereocenters. The maximum atomic E-state index is 13.1. The number of nitrogens with one attached hydrogen (secondary N) is 1. The van der Waals surface area contributed by atoms with Gasteiger partial charge in [-0.05, 0) is 35.7 Å². The van der Waals surface area contributed by atoms with Gasteiger partial charge < -0.3 is 5.32 Å². The van der Waals surface area contributed by atoms with Gasteiger partial charge in [0, 0.05) is 24.2 Å². The van der Waals surface area contributed by atoms with E-state index < -0.39 is 5.82 Å². The second kappa shape index (κ2) is 5.25. The van der Waals surface area contributed by atoms with Crippen molar-refractivity contribution in [3.63, 3.8) is 0 Å². The Morgan fingerprint density at radius 1 is 1.25 bits per heavy atom. The normalized spacial score (nSPS) is 12.9. The molecule has 2 nitrogen and oxygen atoms in total. The third-order valence-corrected chi connectivity index (χ3v) is 3.78. The zero-order valence-electron chi connectivity index (χ0n) is 10.7. The van der Waals surface area contributed by atoms with Gasteiger partial charge in [0.25, 0.3) is 0 Å². The summed E-state index contributed by atoms with van der Waals surface area (Å²) in [6.07, 6.45) is 1.22. The Morgan fingerprint density at radius 2 is 2.10 bits per heavy atom. The van der Waals surface area contributed by atoms with Gasteiger partial charge in [-0.3, -0.25) is 4.79 Å². The summed E-state index contributed by atoms with van der Waals surface area (Å²) in [5.41, 5.74) is 3.66. The Hall–Kier alpha value is -1.87. The summed E-state index contributed by atoms with van der Waals surface area (Å²) in [5.74, 6) is -0.464. The fraction of sp³-hybridized carbons (Fsp3) is 0.188. The molecule has 4 heteroatoms. The molecule has 0 radical (unpaired) electrons. The summed E-state index contributed by atoms with van der Waals surface area (Å²) in [4.78, 5) is 12.2. The first-order valence-electron chi connectivity index (χ1n) is 6.47. The maximum absolute atomic E-state index is 13.1. The van der Waals surface area contributed by atoms with Crippen molar-refractivity contribution in [2.24, 2.45) is 0 Å². The lowest BCUT2D eigenvalue weighted by atomic mass is 10.0. The van der Waals surface area contributed by atoms with E-state index in [1.165, 1.54) is 17.7 Å². The summed E-state index contributed by atoms with van der Waals surface area (Å²) in [6, 6.07) is 10.1. The Bertz CT molecular complexity index is 684. The number of carbonyl (C=O) groups excluding carboxylic acids is 1. The quantitative estimate of drug-likeness (QED) is 0.869. The minimum absolute atomic E-state index is 0.00387. The monoisotopic (exact) mass is 289 g/mol. The number of ketones is 1. The van der Waals surface area contributed by atoms with Crippen LogP contribution < -0.4 is 5.32 Å². The van der Waals surface area contributed by atoms with Gasteiger partial charge in [-0.15, -0.1) is 0 Å². The first-order chi connectivity index (χ1) is 9.63. The van der Waals surface area contributed by atoms with Crippen molar-refractivity contribution >= 4 is 23.1 Å². The molecule has 0 bridgehead atoms. The number of benzene rings is 2. The number of halogens is 2. The minimum Gasteiger partial charge on any atom is -0.384 e. The van der Waals surface area contributed by atoms with Gasteiger partial charge in [-0.25, -0.2) is 4.39 Å². The van der Waals surface area contributed by atoms with Crippen molar-refractivity contribution in [3.05, 3.63) is 63.9 Å². The van der Waals surface area contributed by atoms with E-state index >= 15 is 0 Å². The molecule has 2 aromatic rings. The molecule has 0 aromatic heterocycles. The van der Waals surface area contributed by atoms with Crippen LogP contribution in [0.3, 0.4) is 0 Å². The first kappa shape index (κ1) is 13.1. The number of rotatable bonds is 3. The molecule has 1 N–H and O–H groups in total. The zero-order chi connectivity index (χ0) is 14.1. The number of carbonyl (C=O) groups is 1. The van der Waals surface area contributed by atoms with Crippen molar-refractivity contribution in [1.29, 1.82) is 0 Å². The molecule has 1 aliphatic heterocycles. The van der Waals surface area contributed by atoms with E-state index in [2.05, 4.69) is 5.32 Å². The predicted molar refractivity (Wildman–Crippen MR) is 78.1 cm³/mol. The van der Waals surface area contributed by atoms with Crippen LogP contribution in [0.1, 0.15) is 21.5 Å². The lowest BCUT2D eigenvalue weighted by Gasteiger charge is -2.05. The van der Waals surface area contributed by atoms with Crippen LogP contribution in [0.5, 0.6) is 0 Å². The smallest absolute Gasteiger partial charge is 0.167 e. The molecule has 2 aromatic carbocycles. The molecule has 3 rings (SSSR count). The molecule has 1 heterocycles. The van der Waals surface area contributed by atoms with Gasteiger partial charge in [-0.2, -0.15) is 0 Å². The first-order valence-corrected chi connectivity index (χ1v) is 6.85. The van der Waals surface area contributed by atoms with E-state index in [4.69, 9.17) is 11.6 Å². The van der Waals surface area contributed by atoms with Crippen LogP contribution in [-0.4, -0.2) is 12.3 Å². The maximum Gasteiger partial charge on any atom is 0.167 e. The van der Waals surface area contributed by atoms with Gasteiger partial charge in [-0.1, -0.05) is 29.8 Å². The summed E-state index contributed by atoms with van der Waals surface area (Å²) in [7, 11) is 0. The summed E-state index contributed by atoms with van der Waals surface area (Å²) in [5, 5.41) is 3.30. The second-order valence-electron chi connectivity index (χ2n) is 4.90. The average molecular weight is 290 g/mol. The van der Waals surface area contributed by atoms with Crippen LogP contribution in [0, 0.1) is 5.82 Å². The van der Waals surface area contributed by atoms with Gasteiger partial charge in [0.05, 0.1) is 5.02 Å². The van der Waals surface area contributed by atoms with E-state index in [0.717, 1.165) is 24.2 Å². The highest BCUT2D eigenvalue weighted by molar-refractivity contribution is 6.30. The molecule has 0 amide bonds. The standard InChI is InChI=1S/C16H13ClFNO/c17-13-7-10(1-4-14(13)18)8-16(20)12-3-2-11-5-6-19-15(11)9-12/h1-4,7,9,19H,5-6,8H2. The third-order valence-electron chi connectivity index (χ3n) is 3.49. The van der Waals surface area contributed by atoms with Crippen LogP contribution in [0.2, 0.25) is 5.02 Å². The van der Waals surface area contributed by atoms with Crippen molar-refractivity contribution in [2.45, 2.75) is 12.8 Å². The van der Waals surface area contributed by atoms with Crippen LogP contribution in [0.4, 0.5) is 10.1 Å². The van der Waals surface area contributed by atoms with Gasteiger partial charge in [0.15, 0.2) is 5.78 Å². The van der Waals surface area contributed by atoms with Gasteiger partial charge >= 0.3 is 0 Å². The predicted octanol–water partition coefficient (Wildman–Crippen LogP) is 3.87. The fourth-order valence-electron chi connectivity index (χ4n) is 2.40. The molecular formula is C16H13ClFNO. The molecule has 0 fully saturated rings. The summed E-state index contributed by atoms with van der Waals surface area (Å²) < 4.78 is 13.1. The molecule has 20 heavy (non-hydrogen) atoms. The van der Waals surface area contributed by atoms with E-state index in [1.54, 1.807) is 6.07 Å². The Labute approximate surface area is 121 Å². The van der Waals surface area contributed by atoms with Crippen molar-refractivity contribution in [1.82, 2.24) is 0 Å². The van der Waals surface area contributed by atoms with Crippen LogP contribution in [-0.2, 0) is 12.8 Å². The van der Waals surface area contributed by atoms with E-state index in [1.807, 2.05) is 18.2 Å². The van der Waals surface area contributed by atoms with Crippen molar-refractivity contribution < 1.29 is 9.18 Å². The number of hydrogen-bond acceptors (Lipinski definition) is 2. The Balaban J connectivity index is 1.80. The SMILES string of the molecule is O=C(Cc1ccc(F)c(Cl)c1)c1ccc2c(c1)NCC2. The van der Waals surface area contributed by atoms with Gasteiger partial charge in [0.1, 0.15) is 5.82 Å². The van der Waals surface area contributed by atoms with E-state index in [-0.39, 0.29) is 17.2 Å². The van der Waals surface area contributed by atoms with Gasteiger partial charge in [0.2, 0.25) is 0 Å². The highest BCUT2D eigenvalue weighted by Crippen LogP contribution is 2.24. The number of hydrogen-bond donors (Lipinski definition) is 1. The molecule has 0 saturated carbocycles. The zero-order valence-corrected chi connectivity index (χ0v) is 11.5. The Kier molecular flexibility index (Phi) is 3.45. The van der Waals surface area contributed by atoms with Crippen LogP contribution in [0.15, 0.2) is 36.4 Å². The fourth-order valence-corrected chi connectivity index (χ4v) is 2.60. The van der Waals surface area contributed by atoms with Crippen LogP contribution in [0.25, 0.3) is 0 Å². The number of fused-ring (bicyclic) bond motifs is 1. The lowest BCUT2D eigenvalue weighted by Crippen LogP contribution is -2.04. The Morgan fingerprint density at radius 3 is 2.90 bits per heavy atom. The van der Waals surface area contributed by atoms with E-state index in [9.17, 15) is 9.18 Å². The topological polar surface area (TPSA) is 29.1 Å². The highest BCUT2D eigenvalue weighted by Gasteiger charge is 2.14. The molecular weight excluding hydrogens is 277 g/mol. The molecule has 1 aliphatic rings. The van der Waals surface area contributed by atoms with E-state index in [0.29, 0.717) is 5.56 Å². The van der Waals surface area contributed by atoms with Crippen molar-refractivity contribution in [2.75, 3.05) is 11.9 Å². The summed E-state index contributed by atoms with van der Waals surface area (Å²) >= 11 is 5.72. The third kappa shape index (κ3) is 2.54. The molecule has 102 valence electrons. The average Bonchev–Trinajstić information content (AvgIpc) is 2.90. The molecule has 0 aliphatic carbocycles. The molecule has 0 atom stereocenters. The second-order valence-corrected chi connectivity index (χ2v) is 5.30. The van der Waals surface area contributed by atoms with Crippen molar-refractivity contribution in [3.8, 4) is 0 Å². The molecule has 0 saturated heterocycles. The lowest BCUT2D eigenvalue weighted by molar-refractivity contribution is 0.0993. The number of Topliss-reactive ketones (excluding diaryl/α,β-unsaturated/α-hetero) is 1. The highest BCUT2D eigenvalue weighted by atomic mass is 35.5. The van der Waals surface area contributed by atoms with Crippen LogP contribution >= 0.6 is 11.6 Å². The largest absolute Gasteiger partial charge is 0.384 e. The number of anilines is 1.